The van der Waals surface area contributed by atoms with E-state index in [0.29, 0.717) is 12.4 Å². The first-order chi connectivity index (χ1) is 12.5. The smallest absolute Gasteiger partial charge is 0.203 e. The van der Waals surface area contributed by atoms with Gasteiger partial charge in [0, 0.05) is 23.7 Å². The van der Waals surface area contributed by atoms with Gasteiger partial charge in [-0.3, -0.25) is 0 Å². The summed E-state index contributed by atoms with van der Waals surface area (Å²) in [5, 5.41) is 7.20. The minimum atomic E-state index is -3.55. The van der Waals surface area contributed by atoms with Crippen molar-refractivity contribution in [1.29, 1.82) is 0 Å². The number of benzene rings is 1. The number of imidazole rings is 1. The fourth-order valence-electron chi connectivity index (χ4n) is 2.08. The van der Waals surface area contributed by atoms with Gasteiger partial charge in [0.15, 0.2) is 0 Å². The molecular weight excluding hydrogens is 368 g/mol. The van der Waals surface area contributed by atoms with Crippen molar-refractivity contribution < 1.29 is 8.42 Å². The molecule has 0 atom stereocenters. The summed E-state index contributed by atoms with van der Waals surface area (Å²) in [6.07, 6.45) is 6.95. The van der Waals surface area contributed by atoms with Gasteiger partial charge in [-0.05, 0) is 19.1 Å². The van der Waals surface area contributed by atoms with Gasteiger partial charge in [-0.15, -0.1) is 6.42 Å². The number of terminal acetylenes is 1. The highest BCUT2D eigenvalue weighted by molar-refractivity contribution is 7.98. The summed E-state index contributed by atoms with van der Waals surface area (Å²) in [4.78, 5) is 7.54. The molecule has 0 saturated heterocycles. The fraction of sp³-hybridized carbons (Fsp3) is 0.278. The Morgan fingerprint density at radius 1 is 1.35 bits per heavy atom. The lowest BCUT2D eigenvalue weighted by Crippen LogP contribution is -2.29. The van der Waals surface area contributed by atoms with Gasteiger partial charge in [0.2, 0.25) is 9.84 Å². The monoisotopic (exact) mass is 390 g/mol. The van der Waals surface area contributed by atoms with Crippen molar-refractivity contribution in [3.63, 3.8) is 0 Å². The van der Waals surface area contributed by atoms with E-state index in [9.17, 15) is 8.42 Å². The normalized spacial score (nSPS) is 11.8. The van der Waals surface area contributed by atoms with E-state index in [1.54, 1.807) is 48.4 Å². The molecule has 0 aliphatic heterocycles. The Kier molecular flexibility index (Phi) is 7.63. The van der Waals surface area contributed by atoms with E-state index in [4.69, 9.17) is 6.42 Å². The Bertz CT molecular complexity index is 868. The molecule has 8 heteroatoms. The van der Waals surface area contributed by atoms with Crippen LogP contribution in [0.2, 0.25) is 0 Å². The molecule has 0 aliphatic carbocycles. The van der Waals surface area contributed by atoms with Crippen molar-refractivity contribution in [2.24, 2.45) is 0 Å². The van der Waals surface area contributed by atoms with Crippen LogP contribution in [0.25, 0.3) is 0 Å². The average Bonchev–Trinajstić information content (AvgIpc) is 3.04. The molecule has 0 saturated carbocycles. The van der Waals surface area contributed by atoms with Gasteiger partial charge in [0.1, 0.15) is 5.82 Å². The Morgan fingerprint density at radius 2 is 2.12 bits per heavy atom. The molecule has 1 heterocycles. The fourth-order valence-corrected chi connectivity index (χ4v) is 4.11. The zero-order chi connectivity index (χ0) is 18.8. The Hall–Kier alpha value is -2.37. The van der Waals surface area contributed by atoms with Gasteiger partial charge in [-0.25, -0.2) is 13.4 Å². The molecule has 0 spiro atoms. The Balaban J connectivity index is 1.92. The second-order valence-corrected chi connectivity index (χ2v) is 8.30. The van der Waals surface area contributed by atoms with E-state index in [-0.39, 0.29) is 11.4 Å². The lowest BCUT2D eigenvalue weighted by Gasteiger charge is -2.12. The largest absolute Gasteiger partial charge is 0.370 e. The maximum absolute atomic E-state index is 12.5. The zero-order valence-electron chi connectivity index (χ0n) is 14.5. The molecule has 0 fully saturated rings. The minimum absolute atomic E-state index is 0.239. The van der Waals surface area contributed by atoms with Crippen LogP contribution < -0.4 is 10.6 Å². The van der Waals surface area contributed by atoms with E-state index >= 15 is 0 Å². The van der Waals surface area contributed by atoms with Gasteiger partial charge in [0.05, 0.1) is 28.9 Å². The van der Waals surface area contributed by atoms with Gasteiger partial charge in [-0.1, -0.05) is 24.1 Å². The number of H-pyrrole nitrogens is 1. The predicted octanol–water partition coefficient (Wildman–Crippen LogP) is 2.04. The Morgan fingerprint density at radius 3 is 2.77 bits per heavy atom. The molecule has 6 nitrogen and oxygen atoms in total. The van der Waals surface area contributed by atoms with Crippen LogP contribution in [0.1, 0.15) is 11.4 Å². The van der Waals surface area contributed by atoms with Crippen LogP contribution in [-0.2, 0) is 15.6 Å². The number of thioether (sulfide) groups is 1. The highest BCUT2D eigenvalue weighted by Crippen LogP contribution is 2.13. The van der Waals surface area contributed by atoms with E-state index in [2.05, 4.69) is 26.5 Å². The topological polar surface area (TPSA) is 86.9 Å². The van der Waals surface area contributed by atoms with Crippen LogP contribution in [0, 0.1) is 19.3 Å². The Labute approximate surface area is 158 Å². The molecule has 1 aromatic heterocycles. The lowest BCUT2D eigenvalue weighted by atomic mass is 10.4. The zero-order valence-corrected chi connectivity index (χ0v) is 16.2. The average molecular weight is 391 g/mol. The number of aromatic nitrogens is 2. The van der Waals surface area contributed by atoms with Gasteiger partial charge >= 0.3 is 0 Å². The summed E-state index contributed by atoms with van der Waals surface area (Å²) in [5.74, 6) is 4.44. The second kappa shape index (κ2) is 9.94. The highest BCUT2D eigenvalue weighted by atomic mass is 32.2. The van der Waals surface area contributed by atoms with Crippen molar-refractivity contribution in [2.45, 2.75) is 17.6 Å². The molecular formula is C18H22N4O2S2. The number of aromatic amines is 1. The maximum atomic E-state index is 12.5. The molecule has 0 aliphatic rings. The quantitative estimate of drug-likeness (QED) is 0.425. The van der Waals surface area contributed by atoms with Crippen molar-refractivity contribution in [1.82, 2.24) is 20.6 Å². The van der Waals surface area contributed by atoms with E-state index in [1.807, 2.05) is 6.92 Å². The van der Waals surface area contributed by atoms with Gasteiger partial charge in [-0.2, -0.15) is 11.8 Å². The highest BCUT2D eigenvalue weighted by Gasteiger charge is 2.12. The number of sulfone groups is 1. The number of nitrogens with one attached hydrogen (secondary N) is 3. The molecule has 138 valence electrons. The lowest BCUT2D eigenvalue weighted by molar-refractivity contribution is 0.603. The predicted molar refractivity (Wildman–Crippen MR) is 106 cm³/mol. The third-order valence-electron chi connectivity index (χ3n) is 3.46. The van der Waals surface area contributed by atoms with Crippen molar-refractivity contribution >= 4 is 21.6 Å². The van der Waals surface area contributed by atoms with Gasteiger partial charge < -0.3 is 15.6 Å². The van der Waals surface area contributed by atoms with Crippen LogP contribution in [0.3, 0.4) is 0 Å². The van der Waals surface area contributed by atoms with E-state index in [0.717, 1.165) is 22.9 Å². The summed E-state index contributed by atoms with van der Waals surface area (Å²) in [5.41, 5.74) is 2.10. The first-order valence-corrected chi connectivity index (χ1v) is 10.7. The molecule has 0 radical (unpaired) electrons. The van der Waals surface area contributed by atoms with E-state index in [1.165, 1.54) is 5.41 Å². The minimum Gasteiger partial charge on any atom is -0.370 e. The second-order valence-electron chi connectivity index (χ2n) is 5.40. The number of rotatable bonds is 10. The third kappa shape index (κ3) is 6.17. The van der Waals surface area contributed by atoms with E-state index < -0.39 is 9.84 Å². The third-order valence-corrected chi connectivity index (χ3v) is 5.91. The molecule has 26 heavy (non-hydrogen) atoms. The molecule has 2 aromatic rings. The van der Waals surface area contributed by atoms with Crippen molar-refractivity contribution in [3.05, 3.63) is 59.3 Å². The first-order valence-electron chi connectivity index (χ1n) is 8.02. The number of hydrogen-bond acceptors (Lipinski definition) is 6. The van der Waals surface area contributed by atoms with Crippen LogP contribution in [0.5, 0.6) is 0 Å². The standard InChI is InChI=1S/C18H22N4O2S2/c1-3-9-19-18(13-26(23,24)16-7-5-4-6-8-16)20-10-11-25-12-17-15(2)21-14-22-17/h1,4-8,13-14,19-20H,9-12H2,2H3,(H,21,22). The summed E-state index contributed by atoms with van der Waals surface area (Å²) < 4.78 is 24.9. The maximum Gasteiger partial charge on any atom is 0.203 e. The van der Waals surface area contributed by atoms with Gasteiger partial charge in [0.25, 0.3) is 0 Å². The van der Waals surface area contributed by atoms with Crippen LogP contribution in [0.15, 0.2) is 52.8 Å². The SMILES string of the molecule is C#CCNC(=CS(=O)(=O)c1ccccc1)NCCSCc1nc[nH]c1C. The molecule has 0 bridgehead atoms. The number of aryl methyl sites for hydroxylation is 1. The number of nitrogens with zero attached hydrogens (tertiary/aromatic N) is 1. The number of hydrogen-bond donors (Lipinski definition) is 3. The van der Waals surface area contributed by atoms with Crippen LogP contribution in [0.4, 0.5) is 0 Å². The first kappa shape index (κ1) is 19.9. The molecule has 0 unspecified atom stereocenters. The summed E-state index contributed by atoms with van der Waals surface area (Å²) >= 11 is 1.72. The van der Waals surface area contributed by atoms with Crippen LogP contribution in [-0.4, -0.2) is 37.2 Å². The molecule has 2 rings (SSSR count). The summed E-state index contributed by atoms with van der Waals surface area (Å²) in [6, 6.07) is 8.28. The molecule has 3 N–H and O–H groups in total. The molecule has 1 aromatic carbocycles. The summed E-state index contributed by atoms with van der Waals surface area (Å²) in [7, 11) is -3.55. The van der Waals surface area contributed by atoms with Crippen LogP contribution >= 0.6 is 11.8 Å². The van der Waals surface area contributed by atoms with Crippen molar-refractivity contribution in [3.8, 4) is 12.3 Å². The molecule has 0 amide bonds. The summed E-state index contributed by atoms with van der Waals surface area (Å²) in [6.45, 7) is 2.82. The van der Waals surface area contributed by atoms with Crippen molar-refractivity contribution in [2.75, 3.05) is 18.8 Å².